The number of rotatable bonds is 3. The van der Waals surface area contributed by atoms with E-state index in [0.29, 0.717) is 6.54 Å². The third kappa shape index (κ3) is 2.66. The number of hydrogen-bond acceptors (Lipinski definition) is 2. The molecule has 1 amide bonds. The molecule has 0 aromatic carbocycles. The van der Waals surface area contributed by atoms with Crippen LogP contribution in [0.4, 0.5) is 0 Å². The Labute approximate surface area is 54.4 Å². The van der Waals surface area contributed by atoms with Crippen molar-refractivity contribution in [1.82, 2.24) is 5.01 Å². The summed E-state index contributed by atoms with van der Waals surface area (Å²) in [6, 6.07) is 0. The number of nitrogens with zero attached hydrogens (tertiary/aromatic N) is 1. The van der Waals surface area contributed by atoms with E-state index in [1.165, 1.54) is 0 Å². The van der Waals surface area contributed by atoms with Gasteiger partial charge < -0.3 is 0 Å². The summed E-state index contributed by atoms with van der Waals surface area (Å²) in [5.41, 5.74) is 0. The molecule has 3 nitrogen and oxygen atoms in total. The predicted octanol–water partition coefficient (Wildman–Crippen LogP) is 0.0607. The highest BCUT2D eigenvalue weighted by Crippen LogP contribution is 1.79. The lowest BCUT2D eigenvalue weighted by atomic mass is 10.5. The van der Waals surface area contributed by atoms with Crippen LogP contribution < -0.4 is 5.84 Å². The van der Waals surface area contributed by atoms with E-state index in [1.54, 1.807) is 6.08 Å². The van der Waals surface area contributed by atoms with Gasteiger partial charge in [0.05, 0.1) is 6.54 Å². The summed E-state index contributed by atoms with van der Waals surface area (Å²) in [5.74, 6) is 4.88. The van der Waals surface area contributed by atoms with Crippen LogP contribution in [0.2, 0.25) is 0 Å². The van der Waals surface area contributed by atoms with Gasteiger partial charge in [0.2, 0.25) is 0 Å². The Bertz CT molecular complexity index is 131. The molecule has 0 rings (SSSR count). The van der Waals surface area contributed by atoms with E-state index in [-0.39, 0.29) is 5.91 Å². The van der Waals surface area contributed by atoms with E-state index in [9.17, 15) is 4.79 Å². The minimum Gasteiger partial charge on any atom is -0.273 e. The molecular weight excluding hydrogens is 116 g/mol. The van der Waals surface area contributed by atoms with Crippen LogP contribution in [0.1, 0.15) is 0 Å². The summed E-state index contributed by atoms with van der Waals surface area (Å²) in [5, 5.41) is 1.03. The van der Waals surface area contributed by atoms with Gasteiger partial charge in [-0.3, -0.25) is 9.80 Å². The van der Waals surface area contributed by atoms with Gasteiger partial charge >= 0.3 is 0 Å². The molecule has 0 heterocycles. The van der Waals surface area contributed by atoms with Gasteiger partial charge in [0.1, 0.15) is 0 Å². The molecule has 0 fully saturated rings. The van der Waals surface area contributed by atoms with Crippen molar-refractivity contribution in [3.05, 3.63) is 25.3 Å². The summed E-state index contributed by atoms with van der Waals surface area (Å²) in [4.78, 5) is 10.5. The maximum absolute atomic E-state index is 10.5. The minimum absolute atomic E-state index is 0.296. The van der Waals surface area contributed by atoms with E-state index in [1.807, 2.05) is 0 Å². The van der Waals surface area contributed by atoms with Crippen molar-refractivity contribution in [2.24, 2.45) is 5.84 Å². The lowest BCUT2D eigenvalue weighted by molar-refractivity contribution is -0.125. The number of hydrazine groups is 1. The fourth-order valence-electron chi connectivity index (χ4n) is 0.346. The molecule has 0 bridgehead atoms. The molecule has 9 heavy (non-hydrogen) atoms. The standard InChI is InChI=1S/C6H10N2O/c1-3-5-8(7)6(9)4-2/h3-4H,1-2,5,7H2. The quantitative estimate of drug-likeness (QED) is 0.191. The van der Waals surface area contributed by atoms with Gasteiger partial charge in [-0.1, -0.05) is 12.7 Å². The van der Waals surface area contributed by atoms with Crippen LogP contribution in [0.15, 0.2) is 25.3 Å². The molecular formula is C6H10N2O. The zero-order valence-corrected chi connectivity index (χ0v) is 5.21. The third-order valence-corrected chi connectivity index (χ3v) is 0.783. The first-order valence-corrected chi connectivity index (χ1v) is 2.52. The Morgan fingerprint density at radius 2 is 2.22 bits per heavy atom. The highest BCUT2D eigenvalue weighted by Gasteiger charge is 1.99. The van der Waals surface area contributed by atoms with E-state index in [4.69, 9.17) is 5.84 Å². The fraction of sp³-hybridized carbons (Fsp3) is 0.167. The van der Waals surface area contributed by atoms with Crippen LogP contribution in [0.3, 0.4) is 0 Å². The lowest BCUT2D eigenvalue weighted by Gasteiger charge is -2.09. The van der Waals surface area contributed by atoms with E-state index < -0.39 is 0 Å². The normalized spacial score (nSPS) is 8.11. The third-order valence-electron chi connectivity index (χ3n) is 0.783. The molecule has 0 spiro atoms. The number of carbonyl (C=O) groups is 1. The number of carbonyl (C=O) groups excluding carboxylic acids is 1. The maximum atomic E-state index is 10.5. The first kappa shape index (κ1) is 7.91. The van der Waals surface area contributed by atoms with Crippen molar-refractivity contribution in [3.63, 3.8) is 0 Å². The maximum Gasteiger partial charge on any atom is 0.260 e. The minimum atomic E-state index is -0.296. The van der Waals surface area contributed by atoms with Crippen LogP contribution in [0.25, 0.3) is 0 Å². The number of nitrogens with two attached hydrogens (primary N) is 1. The molecule has 0 radical (unpaired) electrons. The SMILES string of the molecule is C=CCN(N)C(=O)C=C. The summed E-state index contributed by atoms with van der Waals surface area (Å²) in [7, 11) is 0. The van der Waals surface area contributed by atoms with Crippen LogP contribution in [0, 0.1) is 0 Å². The number of hydrogen-bond donors (Lipinski definition) is 1. The number of amides is 1. The summed E-state index contributed by atoms with van der Waals surface area (Å²) < 4.78 is 0. The first-order chi connectivity index (χ1) is 4.22. The van der Waals surface area contributed by atoms with Gasteiger partial charge in [-0.05, 0) is 6.08 Å². The van der Waals surface area contributed by atoms with Crippen LogP contribution >= 0.6 is 0 Å². The van der Waals surface area contributed by atoms with Crippen molar-refractivity contribution >= 4 is 5.91 Å². The van der Waals surface area contributed by atoms with E-state index in [0.717, 1.165) is 11.1 Å². The first-order valence-electron chi connectivity index (χ1n) is 2.52. The van der Waals surface area contributed by atoms with Crippen molar-refractivity contribution in [1.29, 1.82) is 0 Å². The predicted molar refractivity (Wildman–Crippen MR) is 36.3 cm³/mol. The van der Waals surface area contributed by atoms with Gasteiger partial charge in [-0.2, -0.15) is 0 Å². The molecule has 0 aliphatic carbocycles. The molecule has 0 saturated carbocycles. The van der Waals surface area contributed by atoms with Crippen LogP contribution in [-0.2, 0) is 4.79 Å². The van der Waals surface area contributed by atoms with Gasteiger partial charge in [0.25, 0.3) is 5.91 Å². The Morgan fingerprint density at radius 1 is 1.67 bits per heavy atom. The average molecular weight is 126 g/mol. The van der Waals surface area contributed by atoms with E-state index >= 15 is 0 Å². The lowest BCUT2D eigenvalue weighted by Crippen LogP contribution is -2.35. The van der Waals surface area contributed by atoms with Gasteiger partial charge in [-0.15, -0.1) is 6.58 Å². The van der Waals surface area contributed by atoms with Crippen molar-refractivity contribution in [2.45, 2.75) is 0 Å². The molecule has 0 aromatic rings. The largest absolute Gasteiger partial charge is 0.273 e. The second kappa shape index (κ2) is 3.86. The summed E-state index contributed by atoms with van der Waals surface area (Å²) in [6.07, 6.45) is 2.70. The highest BCUT2D eigenvalue weighted by molar-refractivity contribution is 5.86. The Kier molecular flexibility index (Phi) is 3.39. The molecule has 0 aromatic heterocycles. The molecule has 0 aliphatic heterocycles. The average Bonchev–Trinajstić information content (AvgIpc) is 1.87. The second-order valence-electron chi connectivity index (χ2n) is 1.48. The Morgan fingerprint density at radius 3 is 2.56 bits per heavy atom. The fourth-order valence-corrected chi connectivity index (χ4v) is 0.346. The van der Waals surface area contributed by atoms with Crippen molar-refractivity contribution in [2.75, 3.05) is 6.54 Å². The summed E-state index contributed by atoms with van der Waals surface area (Å²) in [6.45, 7) is 7.02. The Balaban J connectivity index is 3.71. The molecule has 0 unspecified atom stereocenters. The molecule has 3 heteroatoms. The van der Waals surface area contributed by atoms with Gasteiger partial charge in [0.15, 0.2) is 0 Å². The molecule has 50 valence electrons. The van der Waals surface area contributed by atoms with Gasteiger partial charge in [0, 0.05) is 0 Å². The topological polar surface area (TPSA) is 46.3 Å². The van der Waals surface area contributed by atoms with Crippen molar-refractivity contribution < 1.29 is 4.79 Å². The van der Waals surface area contributed by atoms with Crippen LogP contribution in [0.5, 0.6) is 0 Å². The van der Waals surface area contributed by atoms with Crippen LogP contribution in [-0.4, -0.2) is 17.5 Å². The zero-order chi connectivity index (χ0) is 7.28. The monoisotopic (exact) mass is 126 g/mol. The molecule has 2 N–H and O–H groups in total. The second-order valence-corrected chi connectivity index (χ2v) is 1.48. The molecule has 0 aliphatic rings. The Hall–Kier alpha value is -1.09. The molecule has 0 atom stereocenters. The zero-order valence-electron chi connectivity index (χ0n) is 5.21. The summed E-state index contributed by atoms with van der Waals surface area (Å²) >= 11 is 0. The van der Waals surface area contributed by atoms with E-state index in [2.05, 4.69) is 13.2 Å². The smallest absolute Gasteiger partial charge is 0.260 e. The van der Waals surface area contributed by atoms with Crippen molar-refractivity contribution in [3.8, 4) is 0 Å². The highest BCUT2D eigenvalue weighted by atomic mass is 16.2. The van der Waals surface area contributed by atoms with Gasteiger partial charge in [-0.25, -0.2) is 5.84 Å². The molecule has 0 saturated heterocycles.